The van der Waals surface area contributed by atoms with E-state index in [1.165, 1.54) is 0 Å². The lowest BCUT2D eigenvalue weighted by molar-refractivity contribution is 0.178. The van der Waals surface area contributed by atoms with Crippen LogP contribution in [0.1, 0.15) is 17.4 Å². The van der Waals surface area contributed by atoms with Crippen molar-refractivity contribution in [2.75, 3.05) is 5.73 Å². The molecular formula is C16H16BrN3O. The molecule has 3 aromatic rings. The first kappa shape index (κ1) is 14.1. The topological polar surface area (TPSA) is 64.1 Å². The third kappa shape index (κ3) is 2.66. The fourth-order valence-electron chi connectivity index (χ4n) is 2.57. The largest absolute Gasteiger partial charge is 0.398 e. The smallest absolute Gasteiger partial charge is 0.0866 e. The average molecular weight is 346 g/mol. The number of halogens is 1. The minimum atomic E-state index is -0.680. The van der Waals surface area contributed by atoms with Crippen LogP contribution in [0.5, 0.6) is 0 Å². The molecule has 0 aliphatic carbocycles. The van der Waals surface area contributed by atoms with Crippen molar-refractivity contribution in [3.63, 3.8) is 0 Å². The highest BCUT2D eigenvalue weighted by molar-refractivity contribution is 9.10. The Balaban J connectivity index is 1.96. The molecule has 0 aliphatic heterocycles. The second kappa shape index (κ2) is 5.50. The number of aliphatic hydroxyl groups is 1. The molecule has 0 saturated carbocycles. The van der Waals surface area contributed by atoms with Crippen molar-refractivity contribution in [1.29, 1.82) is 0 Å². The molecule has 1 atom stereocenters. The predicted octanol–water partition coefficient (Wildman–Crippen LogP) is 3.19. The van der Waals surface area contributed by atoms with Crippen LogP contribution in [0.15, 0.2) is 46.9 Å². The van der Waals surface area contributed by atoms with Gasteiger partial charge in [-0.25, -0.2) is 0 Å². The summed E-state index contributed by atoms with van der Waals surface area (Å²) >= 11 is 3.41. The zero-order valence-corrected chi connectivity index (χ0v) is 13.2. The summed E-state index contributed by atoms with van der Waals surface area (Å²) in [7, 11) is 1.91. The number of nitrogens with zero attached hydrogens (tertiary/aromatic N) is 2. The summed E-state index contributed by atoms with van der Waals surface area (Å²) in [5.41, 5.74) is 9.20. The van der Waals surface area contributed by atoms with Crippen LogP contribution in [0.2, 0.25) is 0 Å². The molecule has 1 heterocycles. The number of fused-ring (bicyclic) bond motifs is 1. The summed E-state index contributed by atoms with van der Waals surface area (Å²) in [6, 6.07) is 13.5. The maximum absolute atomic E-state index is 10.5. The molecule has 0 spiro atoms. The summed E-state index contributed by atoms with van der Waals surface area (Å²) in [5, 5.41) is 16.1. The number of hydrogen-bond donors (Lipinski definition) is 2. The van der Waals surface area contributed by atoms with Gasteiger partial charge in [0, 0.05) is 34.6 Å². The first-order valence-corrected chi connectivity index (χ1v) is 7.49. The van der Waals surface area contributed by atoms with E-state index < -0.39 is 6.10 Å². The molecule has 21 heavy (non-hydrogen) atoms. The number of aliphatic hydroxyl groups excluding tert-OH is 1. The summed E-state index contributed by atoms with van der Waals surface area (Å²) in [5.74, 6) is 0. The van der Waals surface area contributed by atoms with Crippen LogP contribution in [0.25, 0.3) is 10.9 Å². The Labute approximate surface area is 131 Å². The molecule has 0 radical (unpaired) electrons. The van der Waals surface area contributed by atoms with E-state index in [0.717, 1.165) is 26.6 Å². The van der Waals surface area contributed by atoms with E-state index in [-0.39, 0.29) is 0 Å². The highest BCUT2D eigenvalue weighted by Gasteiger charge is 2.16. The van der Waals surface area contributed by atoms with Gasteiger partial charge in [0.25, 0.3) is 0 Å². The molecule has 0 saturated heterocycles. The number of hydrogen-bond acceptors (Lipinski definition) is 3. The monoisotopic (exact) mass is 345 g/mol. The Kier molecular flexibility index (Phi) is 3.69. The number of rotatable bonds is 3. The van der Waals surface area contributed by atoms with E-state index in [9.17, 15) is 5.11 Å². The number of nitrogen functional groups attached to an aromatic ring is 1. The summed E-state index contributed by atoms with van der Waals surface area (Å²) < 4.78 is 2.73. The number of benzene rings is 2. The van der Waals surface area contributed by atoms with Gasteiger partial charge in [-0.15, -0.1) is 0 Å². The SMILES string of the molecule is Cn1nc(CC(O)c2cc(Br)ccc2N)c2ccccc21. The van der Waals surface area contributed by atoms with Crippen LogP contribution in [-0.2, 0) is 13.5 Å². The summed E-state index contributed by atoms with van der Waals surface area (Å²) in [6.07, 6.45) is -0.247. The van der Waals surface area contributed by atoms with Gasteiger partial charge in [0.1, 0.15) is 0 Å². The number of aromatic nitrogens is 2. The van der Waals surface area contributed by atoms with E-state index in [1.807, 2.05) is 48.1 Å². The van der Waals surface area contributed by atoms with Crippen LogP contribution in [0.3, 0.4) is 0 Å². The van der Waals surface area contributed by atoms with E-state index in [0.29, 0.717) is 12.1 Å². The van der Waals surface area contributed by atoms with Crippen LogP contribution in [0, 0.1) is 0 Å². The number of aryl methyl sites for hydroxylation is 1. The van der Waals surface area contributed by atoms with Gasteiger partial charge in [-0.05, 0) is 24.3 Å². The summed E-state index contributed by atoms with van der Waals surface area (Å²) in [4.78, 5) is 0. The molecule has 1 unspecified atom stereocenters. The number of nitrogens with two attached hydrogens (primary N) is 1. The Morgan fingerprint density at radius 2 is 2.05 bits per heavy atom. The highest BCUT2D eigenvalue weighted by atomic mass is 79.9. The standard InChI is InChI=1S/C16H16BrN3O/c1-20-15-5-3-2-4-11(15)14(19-20)9-16(21)12-8-10(17)6-7-13(12)18/h2-8,16,21H,9,18H2,1H3. The van der Waals surface area contributed by atoms with Crippen molar-refractivity contribution in [3.05, 3.63) is 58.2 Å². The van der Waals surface area contributed by atoms with Crippen LogP contribution >= 0.6 is 15.9 Å². The fraction of sp³-hybridized carbons (Fsp3) is 0.188. The van der Waals surface area contributed by atoms with Gasteiger partial charge in [0.15, 0.2) is 0 Å². The Morgan fingerprint density at radius 1 is 1.29 bits per heavy atom. The quantitative estimate of drug-likeness (QED) is 0.716. The van der Waals surface area contributed by atoms with Crippen LogP contribution < -0.4 is 5.73 Å². The molecule has 1 aromatic heterocycles. The lowest BCUT2D eigenvalue weighted by atomic mass is 10.0. The lowest BCUT2D eigenvalue weighted by Crippen LogP contribution is -2.06. The summed E-state index contributed by atoms with van der Waals surface area (Å²) in [6.45, 7) is 0. The molecular weight excluding hydrogens is 330 g/mol. The van der Waals surface area contributed by atoms with Gasteiger partial charge < -0.3 is 10.8 Å². The van der Waals surface area contributed by atoms with Crippen molar-refractivity contribution in [2.45, 2.75) is 12.5 Å². The Morgan fingerprint density at radius 3 is 2.86 bits per heavy atom. The molecule has 2 aromatic carbocycles. The first-order valence-electron chi connectivity index (χ1n) is 6.70. The molecule has 5 heteroatoms. The third-order valence-electron chi connectivity index (χ3n) is 3.63. The zero-order valence-electron chi connectivity index (χ0n) is 11.6. The predicted molar refractivity (Wildman–Crippen MR) is 87.9 cm³/mol. The van der Waals surface area contributed by atoms with Crippen LogP contribution in [-0.4, -0.2) is 14.9 Å². The second-order valence-corrected chi connectivity index (χ2v) is 6.00. The van der Waals surface area contributed by atoms with Gasteiger partial charge >= 0.3 is 0 Å². The van der Waals surface area contributed by atoms with E-state index in [1.54, 1.807) is 6.07 Å². The second-order valence-electron chi connectivity index (χ2n) is 5.08. The van der Waals surface area contributed by atoms with Gasteiger partial charge in [0.05, 0.1) is 17.3 Å². The van der Waals surface area contributed by atoms with Gasteiger partial charge in [-0.3, -0.25) is 4.68 Å². The lowest BCUT2D eigenvalue weighted by Gasteiger charge is -2.13. The van der Waals surface area contributed by atoms with E-state index in [2.05, 4.69) is 21.0 Å². The van der Waals surface area contributed by atoms with Crippen molar-refractivity contribution >= 4 is 32.5 Å². The normalized spacial score (nSPS) is 12.7. The zero-order chi connectivity index (χ0) is 15.0. The Hall–Kier alpha value is -1.85. The first-order chi connectivity index (χ1) is 10.1. The van der Waals surface area contributed by atoms with Crippen molar-refractivity contribution < 1.29 is 5.11 Å². The maximum atomic E-state index is 10.5. The van der Waals surface area contributed by atoms with Crippen molar-refractivity contribution in [1.82, 2.24) is 9.78 Å². The van der Waals surface area contributed by atoms with Crippen molar-refractivity contribution in [3.8, 4) is 0 Å². The minimum absolute atomic E-state index is 0.433. The molecule has 3 rings (SSSR count). The molecule has 4 nitrogen and oxygen atoms in total. The van der Waals surface area contributed by atoms with Crippen LogP contribution in [0.4, 0.5) is 5.69 Å². The molecule has 0 bridgehead atoms. The van der Waals surface area contributed by atoms with Crippen molar-refractivity contribution in [2.24, 2.45) is 7.05 Å². The molecule has 3 N–H and O–H groups in total. The van der Waals surface area contributed by atoms with E-state index in [4.69, 9.17) is 5.73 Å². The van der Waals surface area contributed by atoms with Gasteiger partial charge in [-0.2, -0.15) is 5.10 Å². The third-order valence-corrected chi connectivity index (χ3v) is 4.12. The number of anilines is 1. The molecule has 0 amide bonds. The fourth-order valence-corrected chi connectivity index (χ4v) is 2.95. The number of para-hydroxylation sites is 1. The Bertz CT molecular complexity index is 797. The minimum Gasteiger partial charge on any atom is -0.398 e. The average Bonchev–Trinajstić information content (AvgIpc) is 2.78. The molecule has 108 valence electrons. The van der Waals surface area contributed by atoms with Gasteiger partial charge in [0.2, 0.25) is 0 Å². The maximum Gasteiger partial charge on any atom is 0.0866 e. The highest BCUT2D eigenvalue weighted by Crippen LogP contribution is 2.28. The van der Waals surface area contributed by atoms with E-state index >= 15 is 0 Å². The molecule has 0 fully saturated rings. The molecule has 0 aliphatic rings. The van der Waals surface area contributed by atoms with Gasteiger partial charge in [-0.1, -0.05) is 34.1 Å².